The molecule has 0 fully saturated rings. The second kappa shape index (κ2) is 6.16. The van der Waals surface area contributed by atoms with Crippen molar-refractivity contribution in [2.75, 3.05) is 7.11 Å². The molecule has 102 valence electrons. The van der Waals surface area contributed by atoms with E-state index in [1.807, 2.05) is 44.2 Å². The number of nitrogens with zero attached hydrogens (tertiary/aromatic N) is 3. The fraction of sp³-hybridized carbons (Fsp3) is 0.312. The average molecular weight is 267 g/mol. The van der Waals surface area contributed by atoms with Gasteiger partial charge >= 0.3 is 0 Å². The summed E-state index contributed by atoms with van der Waals surface area (Å²) in [5, 5.41) is 9.24. The molecule has 1 atom stereocenters. The van der Waals surface area contributed by atoms with Crippen LogP contribution in [-0.4, -0.2) is 17.1 Å². The minimum atomic E-state index is -0.291. The quantitative estimate of drug-likeness (QED) is 0.851. The van der Waals surface area contributed by atoms with Crippen LogP contribution in [0.15, 0.2) is 36.5 Å². The molecule has 0 N–H and O–H groups in total. The van der Waals surface area contributed by atoms with Gasteiger partial charge in [-0.15, -0.1) is 0 Å². The summed E-state index contributed by atoms with van der Waals surface area (Å²) in [5.74, 6) is 1.24. The summed E-state index contributed by atoms with van der Waals surface area (Å²) in [6, 6.07) is 11.8. The first-order valence-electron chi connectivity index (χ1n) is 6.52. The lowest BCUT2D eigenvalue weighted by Gasteiger charge is -2.12. The molecule has 1 unspecified atom stereocenters. The molecule has 1 heterocycles. The highest BCUT2D eigenvalue weighted by Gasteiger charge is 2.18. The molecule has 1 aromatic carbocycles. The minimum absolute atomic E-state index is 0.181. The minimum Gasteiger partial charge on any atom is -0.497 e. The van der Waals surface area contributed by atoms with Crippen LogP contribution in [0.1, 0.15) is 25.6 Å². The first-order chi connectivity index (χ1) is 9.65. The van der Waals surface area contributed by atoms with Gasteiger partial charge in [-0.2, -0.15) is 5.26 Å². The highest BCUT2D eigenvalue weighted by atomic mass is 16.5. The molecule has 20 heavy (non-hydrogen) atoms. The smallest absolute Gasteiger partial charge is 0.146 e. The van der Waals surface area contributed by atoms with Crippen LogP contribution in [-0.2, 0) is 0 Å². The van der Waals surface area contributed by atoms with E-state index in [1.165, 1.54) is 0 Å². The molecule has 2 rings (SSSR count). The molecule has 0 saturated heterocycles. The van der Waals surface area contributed by atoms with E-state index in [0.29, 0.717) is 5.82 Å². The van der Waals surface area contributed by atoms with Gasteiger partial charge in [-0.25, -0.2) is 9.97 Å². The van der Waals surface area contributed by atoms with Gasteiger partial charge in [-0.1, -0.05) is 26.0 Å². The van der Waals surface area contributed by atoms with Gasteiger partial charge in [0.1, 0.15) is 17.5 Å². The normalized spacial score (nSPS) is 11.9. The summed E-state index contributed by atoms with van der Waals surface area (Å²) in [4.78, 5) is 8.76. The molecule has 0 aliphatic heterocycles. The Hall–Kier alpha value is -2.41. The fourth-order valence-corrected chi connectivity index (χ4v) is 1.97. The zero-order valence-electron chi connectivity index (χ0n) is 11.9. The maximum Gasteiger partial charge on any atom is 0.146 e. The van der Waals surface area contributed by atoms with Gasteiger partial charge in [0, 0.05) is 11.8 Å². The van der Waals surface area contributed by atoms with E-state index >= 15 is 0 Å². The van der Waals surface area contributed by atoms with Gasteiger partial charge < -0.3 is 4.74 Å². The summed E-state index contributed by atoms with van der Waals surface area (Å²) in [5.41, 5.74) is 1.75. The van der Waals surface area contributed by atoms with Crippen molar-refractivity contribution in [2.24, 2.45) is 5.92 Å². The highest BCUT2D eigenvalue weighted by Crippen LogP contribution is 2.25. The maximum atomic E-state index is 9.24. The number of hydrogen-bond donors (Lipinski definition) is 0. The van der Waals surface area contributed by atoms with Gasteiger partial charge in [0.25, 0.3) is 0 Å². The Balaban J connectivity index is 2.41. The molecular formula is C16H17N3O. The van der Waals surface area contributed by atoms with Gasteiger partial charge in [-0.3, -0.25) is 0 Å². The third-order valence-corrected chi connectivity index (χ3v) is 3.12. The van der Waals surface area contributed by atoms with Crippen molar-refractivity contribution in [2.45, 2.75) is 19.8 Å². The zero-order valence-corrected chi connectivity index (χ0v) is 11.9. The van der Waals surface area contributed by atoms with Crippen LogP contribution in [0.4, 0.5) is 0 Å². The van der Waals surface area contributed by atoms with Crippen molar-refractivity contribution in [3.63, 3.8) is 0 Å². The summed E-state index contributed by atoms with van der Waals surface area (Å²) >= 11 is 0. The lowest BCUT2D eigenvalue weighted by Crippen LogP contribution is -2.09. The van der Waals surface area contributed by atoms with E-state index in [4.69, 9.17) is 4.74 Å². The van der Waals surface area contributed by atoms with Crippen LogP contribution in [0, 0.1) is 17.2 Å². The average Bonchev–Trinajstić information content (AvgIpc) is 2.48. The van der Waals surface area contributed by atoms with E-state index in [-0.39, 0.29) is 11.8 Å². The Morgan fingerprint density at radius 1 is 1.25 bits per heavy atom. The SMILES string of the molecule is COc1cccc(-c2ccnc(C(C#N)C(C)C)n2)c1. The number of aromatic nitrogens is 2. The predicted molar refractivity (Wildman–Crippen MR) is 77.2 cm³/mol. The molecule has 1 aromatic heterocycles. The van der Waals surface area contributed by atoms with E-state index < -0.39 is 0 Å². The van der Waals surface area contributed by atoms with Crippen molar-refractivity contribution in [3.05, 3.63) is 42.4 Å². The molecule has 0 aliphatic carbocycles. The van der Waals surface area contributed by atoms with Crippen molar-refractivity contribution in [3.8, 4) is 23.1 Å². The Morgan fingerprint density at radius 2 is 2.05 bits per heavy atom. The number of ether oxygens (including phenoxy) is 1. The lowest BCUT2D eigenvalue weighted by molar-refractivity contribution is 0.415. The topological polar surface area (TPSA) is 58.8 Å². The Morgan fingerprint density at radius 3 is 2.70 bits per heavy atom. The van der Waals surface area contributed by atoms with E-state index in [9.17, 15) is 5.26 Å². The molecule has 0 radical (unpaired) electrons. The number of rotatable bonds is 4. The van der Waals surface area contributed by atoms with E-state index in [2.05, 4.69) is 16.0 Å². The molecule has 0 spiro atoms. The zero-order chi connectivity index (χ0) is 14.5. The third kappa shape index (κ3) is 2.94. The Kier molecular flexibility index (Phi) is 4.31. The second-order valence-electron chi connectivity index (χ2n) is 4.88. The van der Waals surface area contributed by atoms with Crippen LogP contribution < -0.4 is 4.74 Å². The standard InChI is InChI=1S/C16H17N3O/c1-11(2)14(10-17)16-18-8-7-15(19-16)12-5-4-6-13(9-12)20-3/h4-9,11,14H,1-3H3. The maximum absolute atomic E-state index is 9.24. The molecule has 0 amide bonds. The molecule has 4 nitrogen and oxygen atoms in total. The third-order valence-electron chi connectivity index (χ3n) is 3.12. The predicted octanol–water partition coefficient (Wildman–Crippen LogP) is 3.42. The largest absolute Gasteiger partial charge is 0.497 e. The molecule has 0 aliphatic rings. The first kappa shape index (κ1) is 14.0. The van der Waals surface area contributed by atoms with Crippen molar-refractivity contribution in [1.82, 2.24) is 9.97 Å². The van der Waals surface area contributed by atoms with Crippen LogP contribution >= 0.6 is 0 Å². The van der Waals surface area contributed by atoms with Crippen LogP contribution in [0.3, 0.4) is 0 Å². The summed E-state index contributed by atoms with van der Waals surface area (Å²) < 4.78 is 5.22. The Labute approximate surface area is 119 Å². The van der Waals surface area contributed by atoms with Gasteiger partial charge in [0.05, 0.1) is 18.9 Å². The summed E-state index contributed by atoms with van der Waals surface area (Å²) in [6.07, 6.45) is 1.70. The van der Waals surface area contributed by atoms with Crippen molar-refractivity contribution in [1.29, 1.82) is 5.26 Å². The van der Waals surface area contributed by atoms with Gasteiger partial charge in [0.15, 0.2) is 0 Å². The van der Waals surface area contributed by atoms with Crippen molar-refractivity contribution < 1.29 is 4.74 Å². The number of nitriles is 1. The number of benzene rings is 1. The van der Waals surface area contributed by atoms with Gasteiger partial charge in [-0.05, 0) is 24.1 Å². The van der Waals surface area contributed by atoms with Crippen molar-refractivity contribution >= 4 is 0 Å². The molecule has 0 saturated carbocycles. The summed E-state index contributed by atoms with van der Waals surface area (Å²) in [7, 11) is 1.63. The Bertz CT molecular complexity index is 632. The summed E-state index contributed by atoms with van der Waals surface area (Å²) in [6.45, 7) is 3.99. The molecule has 4 heteroatoms. The van der Waals surface area contributed by atoms with Crippen LogP contribution in [0.5, 0.6) is 5.75 Å². The van der Waals surface area contributed by atoms with Gasteiger partial charge in [0.2, 0.25) is 0 Å². The van der Waals surface area contributed by atoms with Crippen LogP contribution in [0.25, 0.3) is 11.3 Å². The molecule has 2 aromatic rings. The van der Waals surface area contributed by atoms with E-state index in [1.54, 1.807) is 13.3 Å². The number of methoxy groups -OCH3 is 1. The molecule has 0 bridgehead atoms. The monoisotopic (exact) mass is 267 g/mol. The van der Waals surface area contributed by atoms with Crippen LogP contribution in [0.2, 0.25) is 0 Å². The lowest BCUT2D eigenvalue weighted by atomic mass is 9.96. The van der Waals surface area contributed by atoms with E-state index in [0.717, 1.165) is 17.0 Å². The number of hydrogen-bond acceptors (Lipinski definition) is 4. The second-order valence-corrected chi connectivity index (χ2v) is 4.88. The fourth-order valence-electron chi connectivity index (χ4n) is 1.97. The first-order valence-corrected chi connectivity index (χ1v) is 6.52. The molecular weight excluding hydrogens is 250 g/mol. The highest BCUT2D eigenvalue weighted by molar-refractivity contribution is 5.60.